The standard InChI is InChI=1S/C21H22N6O2P/c1-13-9-24-16(10-28)7-18(13)27-21-23-4-3-17(26-21)14-5-15(8-22)20-19(6-14)30(2,12-29)11-25-20/h3-7,9,25,28-29H,10-12H2,1-2H3,(H,23,24,26,27)/q+1. The number of nitrogens with one attached hydrogen (secondary N) is 2. The third-order valence-electron chi connectivity index (χ3n) is 5.26. The van der Waals surface area contributed by atoms with Crippen LogP contribution in [-0.2, 0) is 6.61 Å². The van der Waals surface area contributed by atoms with Crippen LogP contribution in [0.15, 0.2) is 36.7 Å². The van der Waals surface area contributed by atoms with E-state index >= 15 is 0 Å². The number of anilines is 3. The maximum Gasteiger partial charge on any atom is 0.227 e. The first-order valence-corrected chi connectivity index (χ1v) is 12.0. The Hall–Kier alpha value is -3.11. The van der Waals surface area contributed by atoms with E-state index in [9.17, 15) is 15.5 Å². The van der Waals surface area contributed by atoms with Crippen LogP contribution in [0.25, 0.3) is 11.3 Å². The Morgan fingerprint density at radius 1 is 1.27 bits per heavy atom. The molecule has 0 amide bonds. The van der Waals surface area contributed by atoms with Crippen molar-refractivity contribution >= 4 is 29.9 Å². The van der Waals surface area contributed by atoms with Gasteiger partial charge >= 0.3 is 0 Å². The molecule has 0 fully saturated rings. The molecular weight excluding hydrogens is 399 g/mol. The van der Waals surface area contributed by atoms with Gasteiger partial charge in [-0.25, -0.2) is 9.97 Å². The van der Waals surface area contributed by atoms with E-state index in [4.69, 9.17) is 0 Å². The van der Waals surface area contributed by atoms with Crippen molar-refractivity contribution in [1.29, 1.82) is 5.26 Å². The molecule has 1 aliphatic rings. The molecule has 1 atom stereocenters. The van der Waals surface area contributed by atoms with E-state index in [0.717, 1.165) is 27.8 Å². The molecule has 8 nitrogen and oxygen atoms in total. The van der Waals surface area contributed by atoms with Gasteiger partial charge in [-0.2, -0.15) is 5.26 Å². The van der Waals surface area contributed by atoms with Crippen molar-refractivity contribution in [2.45, 2.75) is 13.5 Å². The summed E-state index contributed by atoms with van der Waals surface area (Å²) in [5.41, 5.74) is 5.07. The second-order valence-electron chi connectivity index (χ2n) is 7.44. The number of hydrogen-bond acceptors (Lipinski definition) is 8. The smallest absolute Gasteiger partial charge is 0.227 e. The number of fused-ring (bicyclic) bond motifs is 1. The summed E-state index contributed by atoms with van der Waals surface area (Å²) in [6, 6.07) is 9.65. The molecule has 4 N–H and O–H groups in total. The van der Waals surface area contributed by atoms with E-state index in [1.807, 2.05) is 19.1 Å². The van der Waals surface area contributed by atoms with Crippen LogP contribution in [0.1, 0.15) is 16.8 Å². The Morgan fingerprint density at radius 3 is 2.83 bits per heavy atom. The number of aromatic nitrogens is 3. The summed E-state index contributed by atoms with van der Waals surface area (Å²) >= 11 is 0. The predicted octanol–water partition coefficient (Wildman–Crippen LogP) is 2.56. The summed E-state index contributed by atoms with van der Waals surface area (Å²) in [4.78, 5) is 13.1. The minimum Gasteiger partial charge on any atom is -0.390 e. The molecule has 3 aromatic rings. The van der Waals surface area contributed by atoms with Crippen LogP contribution >= 0.6 is 7.26 Å². The highest BCUT2D eigenvalue weighted by atomic mass is 31.2. The zero-order valence-electron chi connectivity index (χ0n) is 16.7. The fourth-order valence-corrected chi connectivity index (χ4v) is 5.55. The lowest BCUT2D eigenvalue weighted by Gasteiger charge is -2.14. The zero-order valence-corrected chi connectivity index (χ0v) is 17.6. The van der Waals surface area contributed by atoms with Gasteiger partial charge in [-0.15, -0.1) is 0 Å². The summed E-state index contributed by atoms with van der Waals surface area (Å²) in [7, 11) is -1.76. The third kappa shape index (κ3) is 3.59. The normalized spacial score (nSPS) is 17.2. The van der Waals surface area contributed by atoms with Crippen LogP contribution in [0.2, 0.25) is 0 Å². The van der Waals surface area contributed by atoms with Gasteiger partial charge in [0, 0.05) is 23.6 Å². The number of nitrogens with zero attached hydrogens (tertiary/aromatic N) is 4. The molecular formula is C21H22N6O2P+. The van der Waals surface area contributed by atoms with E-state index in [-0.39, 0.29) is 13.0 Å². The van der Waals surface area contributed by atoms with E-state index in [1.165, 1.54) is 0 Å². The van der Waals surface area contributed by atoms with Gasteiger partial charge in [-0.3, -0.25) is 4.98 Å². The van der Waals surface area contributed by atoms with Crippen molar-refractivity contribution in [2.75, 3.05) is 29.9 Å². The van der Waals surface area contributed by atoms with E-state index in [0.29, 0.717) is 29.2 Å². The molecule has 30 heavy (non-hydrogen) atoms. The monoisotopic (exact) mass is 421 g/mol. The molecule has 3 heterocycles. The number of benzene rings is 1. The number of nitriles is 1. The van der Waals surface area contributed by atoms with Gasteiger partial charge in [-0.05, 0) is 36.8 Å². The maximum absolute atomic E-state index is 9.94. The van der Waals surface area contributed by atoms with Gasteiger partial charge in [-0.1, -0.05) is 0 Å². The second-order valence-corrected chi connectivity index (χ2v) is 11.3. The minimum absolute atomic E-state index is 0.0897. The molecule has 4 rings (SSSR count). The average molecular weight is 421 g/mol. The quantitative estimate of drug-likeness (QED) is 0.463. The van der Waals surface area contributed by atoms with Crippen LogP contribution in [0.5, 0.6) is 0 Å². The maximum atomic E-state index is 9.94. The summed E-state index contributed by atoms with van der Waals surface area (Å²) in [6.45, 7) is 3.84. The van der Waals surface area contributed by atoms with Crippen molar-refractivity contribution in [3.05, 3.63) is 53.5 Å². The molecule has 1 aromatic carbocycles. The number of aryl methyl sites for hydroxylation is 1. The summed E-state index contributed by atoms with van der Waals surface area (Å²) in [5.74, 6) is 0.405. The summed E-state index contributed by atoms with van der Waals surface area (Å²) in [6.07, 6.45) is 4.12. The average Bonchev–Trinajstić information content (AvgIpc) is 3.12. The lowest BCUT2D eigenvalue weighted by Crippen LogP contribution is -2.11. The highest BCUT2D eigenvalue weighted by molar-refractivity contribution is 7.83. The minimum atomic E-state index is -1.76. The Labute approximate surface area is 175 Å². The highest BCUT2D eigenvalue weighted by Crippen LogP contribution is 2.58. The fraction of sp³-hybridized carbons (Fsp3) is 0.238. The molecule has 9 heteroatoms. The highest BCUT2D eigenvalue weighted by Gasteiger charge is 2.43. The van der Waals surface area contributed by atoms with E-state index in [2.05, 4.69) is 38.3 Å². The largest absolute Gasteiger partial charge is 0.390 e. The first kappa shape index (κ1) is 20.2. The van der Waals surface area contributed by atoms with Gasteiger partial charge in [0.15, 0.2) is 6.35 Å². The molecule has 1 aliphatic heterocycles. The van der Waals surface area contributed by atoms with E-state index < -0.39 is 7.26 Å². The topological polar surface area (TPSA) is 127 Å². The molecule has 0 saturated heterocycles. The Kier molecular flexibility index (Phi) is 5.35. The van der Waals surface area contributed by atoms with Crippen molar-refractivity contribution in [1.82, 2.24) is 15.0 Å². The lowest BCUT2D eigenvalue weighted by molar-refractivity contribution is 0.277. The first-order valence-electron chi connectivity index (χ1n) is 9.42. The van der Waals surface area contributed by atoms with Gasteiger partial charge in [0.2, 0.25) is 5.95 Å². The summed E-state index contributed by atoms with van der Waals surface area (Å²) < 4.78 is 0. The lowest BCUT2D eigenvalue weighted by atomic mass is 10.1. The number of aliphatic hydroxyl groups is 2. The van der Waals surface area contributed by atoms with Gasteiger partial charge in [0.05, 0.1) is 43.2 Å². The van der Waals surface area contributed by atoms with Crippen molar-refractivity contribution in [3.63, 3.8) is 0 Å². The zero-order chi connectivity index (χ0) is 21.3. The summed E-state index contributed by atoms with van der Waals surface area (Å²) in [5, 5.41) is 36.4. The Bertz CT molecular complexity index is 1160. The number of hydrogen-bond donors (Lipinski definition) is 4. The van der Waals surface area contributed by atoms with Crippen molar-refractivity contribution in [3.8, 4) is 17.3 Å². The SMILES string of the molecule is Cc1cnc(CO)cc1Nc1nccc(-c2cc(C#N)c3c(c2)[P+](C)(CO)CN3)n1. The van der Waals surface area contributed by atoms with Gasteiger partial charge in [0.25, 0.3) is 0 Å². The third-order valence-corrected chi connectivity index (χ3v) is 8.25. The Morgan fingerprint density at radius 2 is 2.10 bits per heavy atom. The van der Waals surface area contributed by atoms with Crippen molar-refractivity contribution < 1.29 is 10.2 Å². The molecule has 0 saturated carbocycles. The molecule has 0 spiro atoms. The molecule has 0 radical (unpaired) electrons. The second kappa shape index (κ2) is 7.96. The van der Waals surface area contributed by atoms with Gasteiger partial charge in [0.1, 0.15) is 17.7 Å². The van der Waals surface area contributed by atoms with Crippen molar-refractivity contribution in [2.24, 2.45) is 0 Å². The molecule has 0 bridgehead atoms. The number of rotatable bonds is 5. The van der Waals surface area contributed by atoms with Crippen LogP contribution in [0.3, 0.4) is 0 Å². The van der Waals surface area contributed by atoms with E-state index in [1.54, 1.807) is 24.5 Å². The van der Waals surface area contributed by atoms with Crippen LogP contribution < -0.4 is 15.9 Å². The first-order chi connectivity index (χ1) is 14.5. The fourth-order valence-electron chi connectivity index (χ4n) is 3.43. The van der Waals surface area contributed by atoms with Crippen LogP contribution in [0, 0.1) is 18.3 Å². The number of aliphatic hydroxyl groups excluding tert-OH is 2. The molecule has 0 aliphatic carbocycles. The molecule has 1 unspecified atom stereocenters. The molecule has 2 aromatic heterocycles. The van der Waals surface area contributed by atoms with Crippen LogP contribution in [-0.4, -0.2) is 44.5 Å². The Balaban J connectivity index is 1.73. The van der Waals surface area contributed by atoms with Crippen LogP contribution in [0.4, 0.5) is 17.3 Å². The van der Waals surface area contributed by atoms with Gasteiger partial charge < -0.3 is 20.8 Å². The predicted molar refractivity (Wildman–Crippen MR) is 118 cm³/mol. The number of pyridine rings is 1. The molecule has 152 valence electrons.